The number of fused-ring (bicyclic) bond motifs is 1. The number of rotatable bonds is 11. The Morgan fingerprint density at radius 3 is 2.77 bits per heavy atom. The third kappa shape index (κ3) is 6.37. The van der Waals surface area contributed by atoms with Gasteiger partial charge in [-0.25, -0.2) is 4.57 Å². The second kappa shape index (κ2) is 12.3. The van der Waals surface area contributed by atoms with Crippen LogP contribution in [0.4, 0.5) is 5.13 Å². The van der Waals surface area contributed by atoms with Crippen LogP contribution in [0.25, 0.3) is 0 Å². The lowest BCUT2D eigenvalue weighted by Gasteiger charge is -2.50. The Kier molecular flexibility index (Phi) is 8.82. The van der Waals surface area contributed by atoms with Crippen molar-refractivity contribution in [3.63, 3.8) is 0 Å². The van der Waals surface area contributed by atoms with Crippen molar-refractivity contribution >= 4 is 69.7 Å². The van der Waals surface area contributed by atoms with Crippen LogP contribution < -0.4 is 20.7 Å². The third-order valence-corrected chi connectivity index (χ3v) is 8.23. The van der Waals surface area contributed by atoms with Gasteiger partial charge in [0.1, 0.15) is 18.5 Å². The zero-order valence-electron chi connectivity index (χ0n) is 20.2. The van der Waals surface area contributed by atoms with Crippen LogP contribution in [0.3, 0.4) is 0 Å². The van der Waals surface area contributed by atoms with E-state index in [2.05, 4.69) is 19.8 Å². The third-order valence-electron chi connectivity index (χ3n) is 5.39. The molecule has 0 bridgehead atoms. The average Bonchev–Trinajstić information content (AvgIpc) is 3.34. The molecule has 2 aliphatic rings. The number of thioether (sulfide) groups is 2. The quantitative estimate of drug-likeness (QED) is 0.0907. The Morgan fingerprint density at radius 1 is 1.41 bits per heavy atom. The summed E-state index contributed by atoms with van der Waals surface area (Å²) in [5.41, 5.74) is 5.44. The molecule has 0 aliphatic carbocycles. The number of carbonyl (C=O) groups excluding carboxylic acids is 3. The van der Waals surface area contributed by atoms with Crippen LogP contribution in [-0.4, -0.2) is 78.9 Å². The molecule has 17 heteroatoms. The molecule has 2 atom stereocenters. The van der Waals surface area contributed by atoms with Gasteiger partial charge in [-0.1, -0.05) is 11.2 Å². The lowest BCUT2D eigenvalue weighted by molar-refractivity contribution is -0.687. The summed E-state index contributed by atoms with van der Waals surface area (Å²) in [5, 5.41) is 26.4. The molecule has 1 saturated heterocycles. The first-order valence-corrected chi connectivity index (χ1v) is 13.9. The van der Waals surface area contributed by atoms with Gasteiger partial charge in [-0.2, -0.15) is 9.36 Å². The summed E-state index contributed by atoms with van der Waals surface area (Å²) in [4.78, 5) is 58.9. The number of carboxylic acids is 2. The van der Waals surface area contributed by atoms with Crippen molar-refractivity contribution in [2.24, 2.45) is 5.16 Å². The highest BCUT2D eigenvalue weighted by Crippen LogP contribution is 2.40. The minimum absolute atomic E-state index is 0.0392. The number of nitrogen functional groups attached to an aromatic ring is 1. The highest BCUT2D eigenvalue weighted by Gasteiger charge is 2.53. The second-order valence-electron chi connectivity index (χ2n) is 7.92. The largest absolute Gasteiger partial charge is 0.543 e. The standard InChI is InChI=1S/C22H21N7O7S3/c1-36-26-14(17-25-22(23)39-27-17)18(32)24-15-19(33)29-16(21(34)35)11(9-38-20(15)29)3-2-6-28-7-4-12(5-8-28)37-10-13(30)31/h2-5,7-8,15,20H,6,9-10H2,1H3,(H4-,23,24,25,27,30,31,32,34,35)/t15?,20-/m0/s1. The van der Waals surface area contributed by atoms with Gasteiger partial charge in [0.2, 0.25) is 11.5 Å². The smallest absolute Gasteiger partial charge is 0.313 e. The van der Waals surface area contributed by atoms with Crippen molar-refractivity contribution in [3.8, 4) is 0 Å². The summed E-state index contributed by atoms with van der Waals surface area (Å²) < 4.78 is 5.75. The lowest BCUT2D eigenvalue weighted by Crippen LogP contribution is -2.71. The number of carboxylic acid groups (broad SMARTS) is 2. The SMILES string of the molecule is CON=C(C(=O)NC1C(=O)N2C(C(=O)[O-])=C(C=CC[n+]3ccc(SCC(=O)O)cc3)CS[C@@H]12)c1nsc(N)n1. The molecule has 39 heavy (non-hydrogen) atoms. The minimum Gasteiger partial charge on any atom is -0.543 e. The minimum atomic E-state index is -1.51. The molecular formula is C22H21N7O7S3. The molecule has 1 unspecified atom stereocenters. The first-order chi connectivity index (χ1) is 18.7. The van der Waals surface area contributed by atoms with Gasteiger partial charge in [-0.05, 0) is 11.6 Å². The van der Waals surface area contributed by atoms with Gasteiger partial charge < -0.3 is 30.9 Å². The maximum atomic E-state index is 12.9. The van der Waals surface area contributed by atoms with Crippen LogP contribution in [-0.2, 0) is 30.6 Å². The van der Waals surface area contributed by atoms with E-state index in [1.165, 1.54) is 30.6 Å². The Hall–Kier alpha value is -3.96. The van der Waals surface area contributed by atoms with E-state index in [9.17, 15) is 24.3 Å². The van der Waals surface area contributed by atoms with Gasteiger partial charge in [0.25, 0.3) is 11.8 Å². The first-order valence-electron chi connectivity index (χ1n) is 11.1. The molecule has 14 nitrogen and oxygen atoms in total. The number of nitrogens with zero attached hydrogens (tertiary/aromatic N) is 5. The van der Waals surface area contributed by atoms with Crippen LogP contribution in [0, 0.1) is 0 Å². The molecule has 2 aromatic rings. The van der Waals surface area contributed by atoms with Crippen molar-refractivity contribution in [3.05, 3.63) is 53.8 Å². The van der Waals surface area contributed by atoms with Crippen LogP contribution in [0.15, 0.2) is 58.0 Å². The zero-order chi connectivity index (χ0) is 28.1. The second-order valence-corrected chi connectivity index (χ2v) is 10.9. The maximum absolute atomic E-state index is 12.9. The van der Waals surface area contributed by atoms with Crippen molar-refractivity contribution in [1.29, 1.82) is 0 Å². The predicted molar refractivity (Wildman–Crippen MR) is 139 cm³/mol. The molecule has 0 radical (unpaired) electrons. The Bertz CT molecular complexity index is 1390. The van der Waals surface area contributed by atoms with Crippen molar-refractivity contribution in [1.82, 2.24) is 19.6 Å². The molecule has 4 heterocycles. The van der Waals surface area contributed by atoms with Crippen LogP contribution in [0.1, 0.15) is 5.82 Å². The number of carbonyl (C=O) groups is 4. The number of aliphatic carboxylic acids is 2. The molecule has 1 fully saturated rings. The first kappa shape index (κ1) is 28.1. The Labute approximate surface area is 233 Å². The number of anilines is 1. The molecule has 4 N–H and O–H groups in total. The van der Waals surface area contributed by atoms with Crippen LogP contribution >= 0.6 is 35.1 Å². The van der Waals surface area contributed by atoms with Crippen LogP contribution in [0.2, 0.25) is 0 Å². The molecule has 2 amide bonds. The normalized spacial score (nSPS) is 19.1. The van der Waals surface area contributed by atoms with Gasteiger partial charge in [-0.3, -0.25) is 19.3 Å². The number of nitrogens with two attached hydrogens (primary N) is 1. The number of hydrogen-bond donors (Lipinski definition) is 3. The molecule has 0 spiro atoms. The van der Waals surface area contributed by atoms with Crippen molar-refractivity contribution in [2.45, 2.75) is 22.9 Å². The predicted octanol–water partition coefficient (Wildman–Crippen LogP) is -1.40. The van der Waals surface area contributed by atoms with E-state index in [-0.39, 0.29) is 33.9 Å². The fraction of sp³-hybridized carbons (Fsp3) is 0.273. The number of pyridine rings is 1. The number of allylic oxidation sites excluding steroid dienone is 2. The van der Waals surface area contributed by atoms with Gasteiger partial charge in [0.05, 0.1) is 17.4 Å². The van der Waals surface area contributed by atoms with E-state index < -0.39 is 35.2 Å². The number of hydrogen-bond acceptors (Lipinski definition) is 13. The molecule has 2 aliphatic heterocycles. The molecule has 204 valence electrons. The van der Waals surface area contributed by atoms with E-state index >= 15 is 0 Å². The average molecular weight is 592 g/mol. The Balaban J connectivity index is 1.43. The fourth-order valence-electron chi connectivity index (χ4n) is 3.70. The van der Waals surface area contributed by atoms with Gasteiger partial charge in [-0.15, -0.1) is 23.5 Å². The van der Waals surface area contributed by atoms with Crippen molar-refractivity contribution in [2.75, 3.05) is 24.3 Å². The van der Waals surface area contributed by atoms with E-state index in [0.717, 1.165) is 21.3 Å². The van der Waals surface area contributed by atoms with E-state index in [4.69, 9.17) is 15.7 Å². The van der Waals surface area contributed by atoms with Crippen molar-refractivity contribution < 1.29 is 38.8 Å². The Morgan fingerprint density at radius 2 is 2.15 bits per heavy atom. The van der Waals surface area contributed by atoms with Crippen LogP contribution in [0.5, 0.6) is 0 Å². The molecule has 4 rings (SSSR count). The monoisotopic (exact) mass is 591 g/mol. The van der Waals surface area contributed by atoms with Gasteiger partial charge in [0.15, 0.2) is 24.1 Å². The van der Waals surface area contributed by atoms with E-state index in [1.807, 2.05) is 4.57 Å². The number of β-lactam (4-membered cyclic amide) rings is 1. The molecule has 2 aromatic heterocycles. The molecule has 0 saturated carbocycles. The number of nitrogens with one attached hydrogen (secondary N) is 1. The number of oxime groups is 1. The summed E-state index contributed by atoms with van der Waals surface area (Å²) in [6.45, 7) is 0.408. The fourth-order valence-corrected chi connectivity index (χ4v) is 6.06. The maximum Gasteiger partial charge on any atom is 0.313 e. The topological polar surface area (TPSA) is 204 Å². The zero-order valence-corrected chi connectivity index (χ0v) is 22.6. The highest BCUT2D eigenvalue weighted by atomic mass is 32.2. The molecule has 0 aromatic carbocycles. The summed E-state index contributed by atoms with van der Waals surface area (Å²) in [5.74, 6) is -3.64. The summed E-state index contributed by atoms with van der Waals surface area (Å²) in [6.07, 6.45) is 6.91. The molecular weight excluding hydrogens is 570 g/mol. The number of amides is 2. The van der Waals surface area contributed by atoms with E-state index in [1.54, 1.807) is 36.7 Å². The number of aromatic nitrogens is 3. The van der Waals surface area contributed by atoms with E-state index in [0.29, 0.717) is 12.1 Å². The summed E-state index contributed by atoms with van der Waals surface area (Å²) in [6, 6.07) is 2.56. The highest BCUT2D eigenvalue weighted by molar-refractivity contribution is 8.00. The van der Waals surface area contributed by atoms with Gasteiger partial charge >= 0.3 is 5.97 Å². The lowest BCUT2D eigenvalue weighted by atomic mass is 10.0. The van der Waals surface area contributed by atoms with Gasteiger partial charge in [0, 0.05) is 34.3 Å². The summed E-state index contributed by atoms with van der Waals surface area (Å²) in [7, 11) is 1.23. The summed E-state index contributed by atoms with van der Waals surface area (Å²) >= 11 is 3.35.